The van der Waals surface area contributed by atoms with Gasteiger partial charge in [-0.15, -0.1) is 0 Å². The van der Waals surface area contributed by atoms with E-state index in [1.165, 1.54) is 6.42 Å². The van der Waals surface area contributed by atoms with Crippen molar-refractivity contribution in [2.45, 2.75) is 70.9 Å². The number of esters is 1. The summed E-state index contributed by atoms with van der Waals surface area (Å²) in [6.45, 7) is 4.82. The van der Waals surface area contributed by atoms with Gasteiger partial charge in [-0.3, -0.25) is 19.3 Å². The van der Waals surface area contributed by atoms with Crippen molar-refractivity contribution in [3.63, 3.8) is 0 Å². The molecule has 4 amide bonds. The Kier molecular flexibility index (Phi) is 6.61. The lowest BCUT2D eigenvalue weighted by molar-refractivity contribution is -0.151. The van der Waals surface area contributed by atoms with E-state index in [1.54, 1.807) is 13.8 Å². The zero-order valence-corrected chi connectivity index (χ0v) is 15.8. The quantitative estimate of drug-likeness (QED) is 0.522. The van der Waals surface area contributed by atoms with Crippen LogP contribution in [0.1, 0.15) is 59.3 Å². The van der Waals surface area contributed by atoms with Gasteiger partial charge in [-0.05, 0) is 31.6 Å². The Hall–Kier alpha value is -2.12. The first-order valence-corrected chi connectivity index (χ1v) is 9.42. The molecule has 1 saturated heterocycles. The monoisotopic (exact) mass is 367 g/mol. The highest BCUT2D eigenvalue weighted by atomic mass is 16.5. The van der Waals surface area contributed by atoms with Crippen LogP contribution in [0.5, 0.6) is 0 Å². The van der Waals surface area contributed by atoms with Crippen LogP contribution in [-0.4, -0.2) is 53.4 Å². The smallest absolute Gasteiger partial charge is 0.326 e. The fourth-order valence-corrected chi connectivity index (χ4v) is 3.65. The van der Waals surface area contributed by atoms with Gasteiger partial charge in [0.15, 0.2) is 6.61 Å². The van der Waals surface area contributed by atoms with Crippen LogP contribution in [0.4, 0.5) is 4.79 Å². The minimum Gasteiger partial charge on any atom is -0.454 e. The molecule has 0 aromatic carbocycles. The highest BCUT2D eigenvalue weighted by Gasteiger charge is 2.49. The first-order chi connectivity index (χ1) is 12.3. The van der Waals surface area contributed by atoms with E-state index in [4.69, 9.17) is 4.74 Å². The van der Waals surface area contributed by atoms with Gasteiger partial charge >= 0.3 is 12.0 Å². The van der Waals surface area contributed by atoms with E-state index in [9.17, 15) is 19.2 Å². The molecule has 1 aliphatic heterocycles. The number of urea groups is 1. The minimum atomic E-state index is -0.953. The maximum atomic E-state index is 12.4. The summed E-state index contributed by atoms with van der Waals surface area (Å²) in [7, 11) is 0. The molecule has 2 aliphatic rings. The van der Waals surface area contributed by atoms with Gasteiger partial charge in [0.05, 0.1) is 0 Å². The topological polar surface area (TPSA) is 105 Å². The summed E-state index contributed by atoms with van der Waals surface area (Å²) >= 11 is 0. The van der Waals surface area contributed by atoms with Gasteiger partial charge in [0.1, 0.15) is 12.1 Å². The third kappa shape index (κ3) is 4.34. The van der Waals surface area contributed by atoms with E-state index in [2.05, 4.69) is 17.6 Å². The number of ether oxygens (including phenoxy) is 1. The number of carbonyl (C=O) groups is 4. The van der Waals surface area contributed by atoms with Gasteiger partial charge in [0, 0.05) is 6.04 Å². The second-order valence-corrected chi connectivity index (χ2v) is 7.21. The number of rotatable bonds is 7. The zero-order chi connectivity index (χ0) is 19.3. The van der Waals surface area contributed by atoms with Gasteiger partial charge in [-0.25, -0.2) is 4.79 Å². The molecule has 1 aliphatic carbocycles. The summed E-state index contributed by atoms with van der Waals surface area (Å²) in [5.41, 5.74) is -0.953. The van der Waals surface area contributed by atoms with E-state index in [0.29, 0.717) is 18.8 Å². The maximum Gasteiger partial charge on any atom is 0.326 e. The highest BCUT2D eigenvalue weighted by Crippen LogP contribution is 2.25. The molecular weight excluding hydrogens is 338 g/mol. The number of hydrogen-bond acceptors (Lipinski definition) is 5. The second kappa shape index (κ2) is 8.51. The van der Waals surface area contributed by atoms with Crippen LogP contribution < -0.4 is 10.6 Å². The Balaban J connectivity index is 1.80. The van der Waals surface area contributed by atoms with Crippen molar-refractivity contribution in [3.8, 4) is 0 Å². The lowest BCUT2D eigenvalue weighted by Crippen LogP contribution is -2.46. The molecule has 0 aromatic rings. The van der Waals surface area contributed by atoms with Crippen LogP contribution in [0.25, 0.3) is 0 Å². The first-order valence-electron chi connectivity index (χ1n) is 9.42. The van der Waals surface area contributed by atoms with Crippen LogP contribution in [0, 0.1) is 5.92 Å². The van der Waals surface area contributed by atoms with Gasteiger partial charge in [0.25, 0.3) is 11.8 Å². The predicted octanol–water partition coefficient (Wildman–Crippen LogP) is 1.34. The molecule has 0 aromatic heterocycles. The van der Waals surface area contributed by atoms with E-state index < -0.39 is 36.6 Å². The Morgan fingerprint density at radius 2 is 1.88 bits per heavy atom. The number of nitrogens with one attached hydrogen (secondary N) is 2. The minimum absolute atomic E-state index is 0.107. The van der Waals surface area contributed by atoms with Crippen LogP contribution >= 0.6 is 0 Å². The zero-order valence-electron chi connectivity index (χ0n) is 15.8. The Bertz CT molecular complexity index is 573. The fourth-order valence-electron chi connectivity index (χ4n) is 3.65. The highest BCUT2D eigenvalue weighted by molar-refractivity contribution is 6.08. The summed E-state index contributed by atoms with van der Waals surface area (Å²) in [6.07, 6.45) is 5.15. The summed E-state index contributed by atoms with van der Waals surface area (Å²) < 4.78 is 4.95. The van der Waals surface area contributed by atoms with Gasteiger partial charge in [0.2, 0.25) is 0 Å². The summed E-state index contributed by atoms with van der Waals surface area (Å²) in [5, 5.41) is 5.54. The van der Waals surface area contributed by atoms with E-state index in [1.807, 2.05) is 0 Å². The van der Waals surface area contributed by atoms with Crippen LogP contribution in [0.3, 0.4) is 0 Å². The first kappa shape index (κ1) is 20.2. The van der Waals surface area contributed by atoms with Crippen LogP contribution in [-0.2, 0) is 19.1 Å². The SMILES string of the molecule is CCC1(CC)NC(=O)N(CC(=O)OCC(=O)N[C@H]2CCCC[C@H]2C)C1=O. The molecule has 1 heterocycles. The predicted molar refractivity (Wildman–Crippen MR) is 94.1 cm³/mol. The molecular formula is C18H29N3O5. The number of hydrogen-bond donors (Lipinski definition) is 2. The number of imide groups is 1. The molecule has 2 atom stereocenters. The second-order valence-electron chi connectivity index (χ2n) is 7.21. The van der Waals surface area contributed by atoms with Gasteiger partial charge < -0.3 is 15.4 Å². The number of carbonyl (C=O) groups excluding carboxylic acids is 4. The Morgan fingerprint density at radius 1 is 1.23 bits per heavy atom. The number of amides is 4. The van der Waals surface area contributed by atoms with Crippen molar-refractivity contribution in [1.82, 2.24) is 15.5 Å². The fraction of sp³-hybridized carbons (Fsp3) is 0.778. The normalized spacial score (nSPS) is 25.0. The molecule has 26 heavy (non-hydrogen) atoms. The van der Waals surface area contributed by atoms with Crippen molar-refractivity contribution >= 4 is 23.8 Å². The molecule has 2 rings (SSSR count). The molecule has 1 saturated carbocycles. The standard InChI is InChI=1S/C18H29N3O5/c1-4-18(5-2)16(24)21(17(25)20-18)10-15(23)26-11-14(22)19-13-9-7-6-8-12(13)3/h12-13H,4-11H2,1-3H3,(H,19,22)(H,20,25)/t12-,13+/m1/s1. The number of nitrogens with zero attached hydrogens (tertiary/aromatic N) is 1. The van der Waals surface area contributed by atoms with Crippen molar-refractivity contribution in [1.29, 1.82) is 0 Å². The molecule has 2 fully saturated rings. The average molecular weight is 367 g/mol. The van der Waals surface area contributed by atoms with Crippen LogP contribution in [0.2, 0.25) is 0 Å². The Labute approximate surface area is 154 Å². The molecule has 0 unspecified atom stereocenters. The maximum absolute atomic E-state index is 12.4. The average Bonchev–Trinajstić information content (AvgIpc) is 2.86. The molecule has 8 heteroatoms. The molecule has 0 spiro atoms. The van der Waals surface area contributed by atoms with Gasteiger partial charge in [-0.2, -0.15) is 0 Å². The Morgan fingerprint density at radius 3 is 2.46 bits per heavy atom. The molecule has 2 N–H and O–H groups in total. The molecule has 8 nitrogen and oxygen atoms in total. The molecule has 0 bridgehead atoms. The van der Waals surface area contributed by atoms with Gasteiger partial charge in [-0.1, -0.05) is 33.6 Å². The molecule has 0 radical (unpaired) electrons. The third-order valence-corrected chi connectivity index (χ3v) is 5.56. The van der Waals surface area contributed by atoms with E-state index in [-0.39, 0.29) is 11.9 Å². The van der Waals surface area contributed by atoms with Crippen molar-refractivity contribution in [2.75, 3.05) is 13.2 Å². The van der Waals surface area contributed by atoms with Crippen molar-refractivity contribution < 1.29 is 23.9 Å². The van der Waals surface area contributed by atoms with E-state index in [0.717, 1.165) is 24.2 Å². The lowest BCUT2D eigenvalue weighted by atomic mass is 9.86. The van der Waals surface area contributed by atoms with Crippen LogP contribution in [0.15, 0.2) is 0 Å². The lowest BCUT2D eigenvalue weighted by Gasteiger charge is -2.29. The van der Waals surface area contributed by atoms with Crippen molar-refractivity contribution in [3.05, 3.63) is 0 Å². The summed E-state index contributed by atoms with van der Waals surface area (Å²) in [6, 6.07) is -0.494. The van der Waals surface area contributed by atoms with E-state index >= 15 is 0 Å². The third-order valence-electron chi connectivity index (χ3n) is 5.56. The summed E-state index contributed by atoms with van der Waals surface area (Å²) in [5.74, 6) is -1.15. The summed E-state index contributed by atoms with van der Waals surface area (Å²) in [4.78, 5) is 49.2. The largest absolute Gasteiger partial charge is 0.454 e. The molecule has 146 valence electrons. The van der Waals surface area contributed by atoms with Crippen molar-refractivity contribution in [2.24, 2.45) is 5.92 Å².